The fourth-order valence-corrected chi connectivity index (χ4v) is 4.73. The van der Waals surface area contributed by atoms with Crippen LogP contribution in [-0.4, -0.2) is 39.5 Å². The average Bonchev–Trinajstić information content (AvgIpc) is 3.08. The summed E-state index contributed by atoms with van der Waals surface area (Å²) in [6.07, 6.45) is 5.00. The number of benzene rings is 1. The van der Waals surface area contributed by atoms with Gasteiger partial charge < -0.3 is 4.90 Å². The molecule has 4 rings (SSSR count). The number of Topliss-reactive ketones (excluding diaryl/α,β-unsaturated/α-hetero) is 1. The molecule has 0 unspecified atom stereocenters. The van der Waals surface area contributed by atoms with Crippen molar-refractivity contribution in [2.75, 3.05) is 13.1 Å². The SMILES string of the molecule is Cc1cc(C(=O)N2CCC3(CC2)CC(=O)c2c(cnn2C(C)C)C3)ccc1Cl. The van der Waals surface area contributed by atoms with Crippen LogP contribution >= 0.6 is 11.6 Å². The summed E-state index contributed by atoms with van der Waals surface area (Å²) in [7, 11) is 0. The van der Waals surface area contributed by atoms with Crippen molar-refractivity contribution >= 4 is 23.3 Å². The zero-order valence-electron chi connectivity index (χ0n) is 16.7. The predicted molar refractivity (Wildman–Crippen MR) is 109 cm³/mol. The molecule has 0 saturated carbocycles. The average molecular weight is 400 g/mol. The molecule has 6 heteroatoms. The number of likely N-dealkylation sites (tertiary alicyclic amines) is 1. The third kappa shape index (κ3) is 3.26. The summed E-state index contributed by atoms with van der Waals surface area (Å²) in [5.41, 5.74) is 3.40. The van der Waals surface area contributed by atoms with Crippen LogP contribution in [0.5, 0.6) is 0 Å². The van der Waals surface area contributed by atoms with Gasteiger partial charge in [-0.15, -0.1) is 0 Å². The normalized spacial score (nSPS) is 18.6. The maximum Gasteiger partial charge on any atom is 0.253 e. The Bertz CT molecular complexity index is 939. The van der Waals surface area contributed by atoms with Gasteiger partial charge in [-0.3, -0.25) is 14.3 Å². The largest absolute Gasteiger partial charge is 0.339 e. The van der Waals surface area contributed by atoms with E-state index in [0.717, 1.165) is 36.1 Å². The number of fused-ring (bicyclic) bond motifs is 1. The lowest BCUT2D eigenvalue weighted by Crippen LogP contribution is -2.46. The molecule has 1 amide bonds. The van der Waals surface area contributed by atoms with Gasteiger partial charge in [-0.25, -0.2) is 0 Å². The maximum absolute atomic E-state index is 12.9. The van der Waals surface area contributed by atoms with E-state index in [2.05, 4.69) is 5.10 Å². The van der Waals surface area contributed by atoms with Gasteiger partial charge in [-0.2, -0.15) is 5.10 Å². The number of halogens is 1. The topological polar surface area (TPSA) is 55.2 Å². The first-order valence-electron chi connectivity index (χ1n) is 9.95. The van der Waals surface area contributed by atoms with Crippen molar-refractivity contribution in [3.05, 3.63) is 51.8 Å². The van der Waals surface area contributed by atoms with Gasteiger partial charge >= 0.3 is 0 Å². The summed E-state index contributed by atoms with van der Waals surface area (Å²) in [4.78, 5) is 27.7. The van der Waals surface area contributed by atoms with E-state index in [-0.39, 0.29) is 23.1 Å². The molecule has 2 heterocycles. The smallest absolute Gasteiger partial charge is 0.253 e. The lowest BCUT2D eigenvalue weighted by Gasteiger charge is -2.43. The molecule has 148 valence electrons. The van der Waals surface area contributed by atoms with Gasteiger partial charge in [-0.1, -0.05) is 11.6 Å². The minimum atomic E-state index is -0.0401. The molecule has 2 aromatic rings. The van der Waals surface area contributed by atoms with Gasteiger partial charge in [0, 0.05) is 41.7 Å². The highest BCUT2D eigenvalue weighted by Crippen LogP contribution is 2.44. The molecule has 1 spiro atoms. The number of ketones is 1. The van der Waals surface area contributed by atoms with E-state index in [1.165, 1.54) is 0 Å². The fourth-order valence-electron chi connectivity index (χ4n) is 4.61. The van der Waals surface area contributed by atoms with E-state index in [0.29, 0.717) is 30.1 Å². The third-order valence-corrected chi connectivity index (χ3v) is 6.67. The van der Waals surface area contributed by atoms with Crippen LogP contribution in [0.2, 0.25) is 5.02 Å². The molecule has 0 atom stereocenters. The molecule has 1 aromatic carbocycles. The highest BCUT2D eigenvalue weighted by atomic mass is 35.5. The second kappa shape index (κ2) is 7.03. The Labute approximate surface area is 170 Å². The van der Waals surface area contributed by atoms with Gasteiger partial charge in [0.15, 0.2) is 5.78 Å². The Balaban J connectivity index is 1.48. The molecule has 1 aliphatic heterocycles. The summed E-state index contributed by atoms with van der Waals surface area (Å²) < 4.78 is 1.85. The van der Waals surface area contributed by atoms with Crippen LogP contribution in [0.25, 0.3) is 0 Å². The summed E-state index contributed by atoms with van der Waals surface area (Å²) in [5, 5.41) is 5.12. The predicted octanol–water partition coefficient (Wildman–Crippen LogP) is 4.48. The minimum absolute atomic E-state index is 0.0401. The van der Waals surface area contributed by atoms with E-state index in [1.54, 1.807) is 12.1 Å². The van der Waals surface area contributed by atoms with Crippen molar-refractivity contribution in [2.45, 2.75) is 52.5 Å². The number of nitrogens with zero attached hydrogens (tertiary/aromatic N) is 3. The molecule has 2 aliphatic rings. The Hall–Kier alpha value is -2.14. The lowest BCUT2D eigenvalue weighted by molar-refractivity contribution is 0.0517. The Morgan fingerprint density at radius 3 is 2.57 bits per heavy atom. The standard InChI is InChI=1S/C22H26ClN3O2/c1-14(2)26-20-17(13-24-26)11-22(12-19(20)27)6-8-25(9-7-22)21(28)16-4-5-18(23)15(3)10-16/h4-5,10,13-14H,6-9,11-12H2,1-3H3. The Morgan fingerprint density at radius 2 is 1.93 bits per heavy atom. The first kappa shape index (κ1) is 19.2. The minimum Gasteiger partial charge on any atom is -0.339 e. The molecule has 0 radical (unpaired) electrons. The summed E-state index contributed by atoms with van der Waals surface area (Å²) in [6, 6.07) is 5.61. The highest BCUT2D eigenvalue weighted by Gasteiger charge is 2.43. The second-order valence-electron chi connectivity index (χ2n) is 8.59. The molecular weight excluding hydrogens is 374 g/mol. The van der Waals surface area contributed by atoms with Crippen LogP contribution in [0, 0.1) is 12.3 Å². The molecule has 1 saturated heterocycles. The second-order valence-corrected chi connectivity index (χ2v) is 9.00. The number of carbonyl (C=O) groups excluding carboxylic acids is 2. The molecule has 1 aliphatic carbocycles. The van der Waals surface area contributed by atoms with E-state index in [1.807, 2.05) is 42.6 Å². The van der Waals surface area contributed by atoms with Gasteiger partial charge in [0.25, 0.3) is 5.91 Å². The van der Waals surface area contributed by atoms with Crippen LogP contribution in [0.4, 0.5) is 0 Å². The summed E-state index contributed by atoms with van der Waals surface area (Å²) >= 11 is 6.08. The maximum atomic E-state index is 12.9. The van der Waals surface area contributed by atoms with Crippen molar-refractivity contribution in [3.63, 3.8) is 0 Å². The lowest BCUT2D eigenvalue weighted by atomic mass is 9.67. The third-order valence-electron chi connectivity index (χ3n) is 6.24. The number of amides is 1. The van der Waals surface area contributed by atoms with Crippen molar-refractivity contribution in [2.24, 2.45) is 5.41 Å². The number of carbonyl (C=O) groups is 2. The monoisotopic (exact) mass is 399 g/mol. The van der Waals surface area contributed by atoms with Crippen molar-refractivity contribution in [3.8, 4) is 0 Å². The molecule has 5 nitrogen and oxygen atoms in total. The van der Waals surface area contributed by atoms with Crippen molar-refractivity contribution in [1.82, 2.24) is 14.7 Å². The highest BCUT2D eigenvalue weighted by molar-refractivity contribution is 6.31. The van der Waals surface area contributed by atoms with Gasteiger partial charge in [0.2, 0.25) is 0 Å². The zero-order chi connectivity index (χ0) is 20.1. The van der Waals surface area contributed by atoms with Crippen LogP contribution in [0.15, 0.2) is 24.4 Å². The molecule has 28 heavy (non-hydrogen) atoms. The number of aromatic nitrogens is 2. The number of aryl methyl sites for hydroxylation is 1. The molecular formula is C22H26ClN3O2. The molecule has 0 N–H and O–H groups in total. The van der Waals surface area contributed by atoms with Crippen molar-refractivity contribution in [1.29, 1.82) is 0 Å². The molecule has 1 fully saturated rings. The number of hydrogen-bond acceptors (Lipinski definition) is 3. The zero-order valence-corrected chi connectivity index (χ0v) is 17.4. The van der Waals surface area contributed by atoms with Gasteiger partial charge in [0.1, 0.15) is 5.69 Å². The Morgan fingerprint density at radius 1 is 1.21 bits per heavy atom. The quantitative estimate of drug-likeness (QED) is 0.748. The fraction of sp³-hybridized carbons (Fsp3) is 0.500. The first-order chi connectivity index (χ1) is 13.3. The van der Waals surface area contributed by atoms with E-state index < -0.39 is 0 Å². The molecule has 1 aromatic heterocycles. The summed E-state index contributed by atoms with van der Waals surface area (Å²) in [6.45, 7) is 7.37. The van der Waals surface area contributed by atoms with Gasteiger partial charge in [0.05, 0.1) is 6.20 Å². The van der Waals surface area contributed by atoms with Crippen molar-refractivity contribution < 1.29 is 9.59 Å². The summed E-state index contributed by atoms with van der Waals surface area (Å²) in [5.74, 6) is 0.241. The number of piperidine rings is 1. The van der Waals surface area contributed by atoms with Crippen LogP contribution in [0.1, 0.15) is 71.1 Å². The van der Waals surface area contributed by atoms with Crippen LogP contribution in [0.3, 0.4) is 0 Å². The first-order valence-corrected chi connectivity index (χ1v) is 10.3. The number of hydrogen-bond donors (Lipinski definition) is 0. The van der Waals surface area contributed by atoms with Crippen LogP contribution in [-0.2, 0) is 6.42 Å². The van der Waals surface area contributed by atoms with E-state index >= 15 is 0 Å². The van der Waals surface area contributed by atoms with Crippen LogP contribution < -0.4 is 0 Å². The molecule has 0 bridgehead atoms. The Kier molecular flexibility index (Phi) is 4.82. The van der Waals surface area contributed by atoms with Gasteiger partial charge in [-0.05, 0) is 69.2 Å². The van der Waals surface area contributed by atoms with E-state index in [9.17, 15) is 9.59 Å². The number of rotatable bonds is 2. The van der Waals surface area contributed by atoms with E-state index in [4.69, 9.17) is 11.6 Å².